The first-order chi connectivity index (χ1) is 9.54. The van der Waals surface area contributed by atoms with Crippen LogP contribution in [0.4, 0.5) is 0 Å². The van der Waals surface area contributed by atoms with Crippen LogP contribution in [0.25, 0.3) is 0 Å². The molecule has 0 aromatic carbocycles. The Kier molecular flexibility index (Phi) is 6.68. The second-order valence-electron chi connectivity index (χ2n) is 5.12. The molecular weight excluding hydrogens is 260 g/mol. The molecule has 20 heavy (non-hydrogen) atoms. The molecule has 0 aromatic rings. The van der Waals surface area contributed by atoms with E-state index in [1.165, 1.54) is 0 Å². The molecule has 0 heterocycles. The lowest BCUT2D eigenvalue weighted by Gasteiger charge is -2.17. The molecule has 1 aliphatic carbocycles. The Labute approximate surface area is 120 Å². The first-order valence-corrected chi connectivity index (χ1v) is 7.42. The summed E-state index contributed by atoms with van der Waals surface area (Å²) in [7, 11) is 0. The van der Waals surface area contributed by atoms with Crippen LogP contribution in [0, 0.1) is 17.8 Å². The first kappa shape index (κ1) is 16.7. The van der Waals surface area contributed by atoms with Gasteiger partial charge in [0.25, 0.3) is 0 Å². The minimum absolute atomic E-state index is 0.143. The summed E-state index contributed by atoms with van der Waals surface area (Å²) in [5.74, 6) is -3.02. The highest BCUT2D eigenvalue weighted by molar-refractivity contribution is 6.15. The average molecular weight is 284 g/mol. The predicted molar refractivity (Wildman–Crippen MR) is 72.9 cm³/mol. The summed E-state index contributed by atoms with van der Waals surface area (Å²) in [5.41, 5.74) is 0. The standard InChI is InChI=1S/C15H24O5/c1-4-10-7-8-11(9-10)13(16)12(14(17)19-5-2)15(18)20-6-3/h10-12H,4-9H2,1-3H3. The van der Waals surface area contributed by atoms with E-state index in [1.807, 2.05) is 0 Å². The highest BCUT2D eigenvalue weighted by Gasteiger charge is 2.42. The topological polar surface area (TPSA) is 69.7 Å². The maximum absolute atomic E-state index is 12.4. The monoisotopic (exact) mass is 284 g/mol. The van der Waals surface area contributed by atoms with Crippen molar-refractivity contribution in [2.45, 2.75) is 46.5 Å². The van der Waals surface area contributed by atoms with E-state index in [9.17, 15) is 14.4 Å². The number of rotatable bonds is 7. The van der Waals surface area contributed by atoms with Crippen molar-refractivity contribution in [3.63, 3.8) is 0 Å². The van der Waals surface area contributed by atoms with Crippen molar-refractivity contribution >= 4 is 17.7 Å². The van der Waals surface area contributed by atoms with E-state index < -0.39 is 17.9 Å². The van der Waals surface area contributed by atoms with Gasteiger partial charge in [0.15, 0.2) is 5.78 Å². The Morgan fingerprint density at radius 2 is 1.55 bits per heavy atom. The van der Waals surface area contributed by atoms with Crippen LogP contribution in [0.3, 0.4) is 0 Å². The van der Waals surface area contributed by atoms with Gasteiger partial charge in [-0.15, -0.1) is 0 Å². The highest BCUT2D eigenvalue weighted by Crippen LogP contribution is 2.35. The Bertz CT molecular complexity index is 345. The summed E-state index contributed by atoms with van der Waals surface area (Å²) in [5, 5.41) is 0. The summed E-state index contributed by atoms with van der Waals surface area (Å²) in [6.45, 7) is 5.67. The molecule has 0 aliphatic heterocycles. The molecular formula is C15H24O5. The van der Waals surface area contributed by atoms with Crippen LogP contribution < -0.4 is 0 Å². The maximum Gasteiger partial charge on any atom is 0.328 e. The van der Waals surface area contributed by atoms with Crippen molar-refractivity contribution in [3.05, 3.63) is 0 Å². The number of hydrogen-bond donors (Lipinski definition) is 0. The molecule has 1 fully saturated rings. The fraction of sp³-hybridized carbons (Fsp3) is 0.800. The molecule has 0 bridgehead atoms. The molecule has 114 valence electrons. The Morgan fingerprint density at radius 3 is 1.95 bits per heavy atom. The van der Waals surface area contributed by atoms with Gasteiger partial charge in [0.1, 0.15) is 0 Å². The van der Waals surface area contributed by atoms with Crippen molar-refractivity contribution in [1.29, 1.82) is 0 Å². The van der Waals surface area contributed by atoms with Gasteiger partial charge in [-0.3, -0.25) is 14.4 Å². The Balaban J connectivity index is 2.79. The SMILES string of the molecule is CCOC(=O)C(C(=O)OCC)C(=O)C1CCC(CC)C1. The second-order valence-corrected chi connectivity index (χ2v) is 5.12. The number of ketones is 1. The maximum atomic E-state index is 12.4. The van der Waals surface area contributed by atoms with Crippen LogP contribution in [0.2, 0.25) is 0 Å². The molecule has 0 spiro atoms. The lowest BCUT2D eigenvalue weighted by Crippen LogP contribution is -2.38. The third kappa shape index (κ3) is 4.05. The van der Waals surface area contributed by atoms with E-state index in [-0.39, 0.29) is 24.9 Å². The third-order valence-electron chi connectivity index (χ3n) is 3.85. The van der Waals surface area contributed by atoms with E-state index in [4.69, 9.17) is 9.47 Å². The zero-order valence-corrected chi connectivity index (χ0v) is 12.5. The van der Waals surface area contributed by atoms with Crippen molar-refractivity contribution in [3.8, 4) is 0 Å². The molecule has 2 atom stereocenters. The predicted octanol–water partition coefficient (Wildman–Crippen LogP) is 2.12. The Morgan fingerprint density at radius 1 is 1.00 bits per heavy atom. The third-order valence-corrected chi connectivity index (χ3v) is 3.85. The fourth-order valence-corrected chi connectivity index (χ4v) is 2.72. The van der Waals surface area contributed by atoms with Crippen LogP contribution >= 0.6 is 0 Å². The van der Waals surface area contributed by atoms with Gasteiger partial charge in [-0.25, -0.2) is 0 Å². The van der Waals surface area contributed by atoms with Crippen LogP contribution in [0.5, 0.6) is 0 Å². The van der Waals surface area contributed by atoms with E-state index in [1.54, 1.807) is 13.8 Å². The van der Waals surface area contributed by atoms with Crippen molar-refractivity contribution in [2.24, 2.45) is 17.8 Å². The molecule has 2 unspecified atom stereocenters. The van der Waals surface area contributed by atoms with E-state index in [0.717, 1.165) is 25.7 Å². The van der Waals surface area contributed by atoms with Gasteiger partial charge >= 0.3 is 11.9 Å². The number of ether oxygens (including phenoxy) is 2. The minimum Gasteiger partial charge on any atom is -0.465 e. The molecule has 0 aromatic heterocycles. The molecule has 5 nitrogen and oxygen atoms in total. The van der Waals surface area contributed by atoms with Gasteiger partial charge in [-0.05, 0) is 39.0 Å². The average Bonchev–Trinajstić information content (AvgIpc) is 2.88. The van der Waals surface area contributed by atoms with Gasteiger partial charge in [-0.1, -0.05) is 13.3 Å². The van der Waals surface area contributed by atoms with Crippen LogP contribution in [0.15, 0.2) is 0 Å². The molecule has 0 amide bonds. The fourth-order valence-electron chi connectivity index (χ4n) is 2.72. The molecule has 5 heteroatoms. The quantitative estimate of drug-likeness (QED) is 0.529. The first-order valence-electron chi connectivity index (χ1n) is 7.42. The van der Waals surface area contributed by atoms with Gasteiger partial charge in [0.05, 0.1) is 13.2 Å². The van der Waals surface area contributed by atoms with Crippen molar-refractivity contribution < 1.29 is 23.9 Å². The summed E-state index contributed by atoms with van der Waals surface area (Å²) < 4.78 is 9.69. The molecule has 1 rings (SSSR count). The van der Waals surface area contributed by atoms with Crippen LogP contribution in [0.1, 0.15) is 46.5 Å². The van der Waals surface area contributed by atoms with Crippen molar-refractivity contribution in [2.75, 3.05) is 13.2 Å². The van der Waals surface area contributed by atoms with Crippen LogP contribution in [-0.4, -0.2) is 30.9 Å². The number of Topliss-reactive ketones (excluding diaryl/α,β-unsaturated/α-hetero) is 1. The normalized spacial score (nSPS) is 21.8. The largest absolute Gasteiger partial charge is 0.465 e. The molecule has 0 saturated heterocycles. The zero-order chi connectivity index (χ0) is 15.1. The second kappa shape index (κ2) is 8.02. The van der Waals surface area contributed by atoms with Gasteiger partial charge in [0, 0.05) is 5.92 Å². The summed E-state index contributed by atoms with van der Waals surface area (Å²) >= 11 is 0. The number of hydrogen-bond acceptors (Lipinski definition) is 5. The molecule has 1 aliphatic rings. The van der Waals surface area contributed by atoms with E-state index >= 15 is 0 Å². The van der Waals surface area contributed by atoms with Crippen molar-refractivity contribution in [1.82, 2.24) is 0 Å². The summed E-state index contributed by atoms with van der Waals surface area (Å²) in [6, 6.07) is 0. The lowest BCUT2D eigenvalue weighted by atomic mass is 9.90. The number of carbonyl (C=O) groups excluding carboxylic acids is 3. The number of carbonyl (C=O) groups is 3. The smallest absolute Gasteiger partial charge is 0.328 e. The molecule has 0 radical (unpaired) electrons. The molecule has 0 N–H and O–H groups in total. The highest BCUT2D eigenvalue weighted by atomic mass is 16.6. The Hall–Kier alpha value is -1.39. The van der Waals surface area contributed by atoms with E-state index in [0.29, 0.717) is 5.92 Å². The van der Waals surface area contributed by atoms with E-state index in [2.05, 4.69) is 6.92 Å². The lowest BCUT2D eigenvalue weighted by molar-refractivity contribution is -0.165. The van der Waals surface area contributed by atoms with Gasteiger partial charge in [-0.2, -0.15) is 0 Å². The number of esters is 2. The molecule has 1 saturated carbocycles. The summed E-state index contributed by atoms with van der Waals surface area (Å²) in [6.07, 6.45) is 3.50. The van der Waals surface area contributed by atoms with Crippen LogP contribution in [-0.2, 0) is 23.9 Å². The minimum atomic E-state index is -1.41. The van der Waals surface area contributed by atoms with Gasteiger partial charge < -0.3 is 9.47 Å². The summed E-state index contributed by atoms with van der Waals surface area (Å²) in [4.78, 5) is 36.2. The van der Waals surface area contributed by atoms with Gasteiger partial charge in [0.2, 0.25) is 5.92 Å². The zero-order valence-electron chi connectivity index (χ0n) is 12.5.